The molecule has 0 aromatic rings. The van der Waals surface area contributed by atoms with Crippen LogP contribution in [0.2, 0.25) is 0 Å². The fourth-order valence-corrected chi connectivity index (χ4v) is 9.21. The monoisotopic (exact) mass is 456 g/mol. The maximum atomic E-state index is 14.0. The fourth-order valence-electron chi connectivity index (χ4n) is 9.21. The van der Waals surface area contributed by atoms with E-state index in [4.69, 9.17) is 0 Å². The molecule has 2 saturated carbocycles. The van der Waals surface area contributed by atoms with Gasteiger partial charge in [0.05, 0.1) is 12.2 Å². The van der Waals surface area contributed by atoms with Crippen LogP contribution in [0.3, 0.4) is 0 Å². The number of carbonyl (C=O) groups excluding carboxylic acids is 1. The number of aliphatic hydroxyl groups is 2. The molecule has 0 bridgehead atoms. The summed E-state index contributed by atoms with van der Waals surface area (Å²) in [5.41, 5.74) is 3.50. The van der Waals surface area contributed by atoms with Gasteiger partial charge in [0, 0.05) is 12.0 Å². The van der Waals surface area contributed by atoms with E-state index in [-0.39, 0.29) is 39.8 Å². The highest BCUT2D eigenvalue weighted by Gasteiger charge is 2.65. The second-order valence-corrected chi connectivity index (χ2v) is 13.7. The van der Waals surface area contributed by atoms with Crippen molar-refractivity contribution >= 4 is 5.78 Å². The van der Waals surface area contributed by atoms with Gasteiger partial charge in [0.2, 0.25) is 0 Å². The molecule has 0 radical (unpaired) electrons. The summed E-state index contributed by atoms with van der Waals surface area (Å²) in [6, 6.07) is 0. The van der Waals surface area contributed by atoms with E-state index in [1.807, 2.05) is 0 Å². The van der Waals surface area contributed by atoms with Gasteiger partial charge in [-0.2, -0.15) is 0 Å². The molecule has 0 spiro atoms. The van der Waals surface area contributed by atoms with Crippen LogP contribution in [0.1, 0.15) is 107 Å². The van der Waals surface area contributed by atoms with Crippen LogP contribution < -0.4 is 0 Å². The Labute approximate surface area is 202 Å². The lowest BCUT2D eigenvalue weighted by Crippen LogP contribution is -2.57. The molecule has 4 aliphatic rings. The average molecular weight is 457 g/mol. The predicted molar refractivity (Wildman–Crippen MR) is 135 cm³/mol. The van der Waals surface area contributed by atoms with Crippen molar-refractivity contribution in [2.75, 3.05) is 0 Å². The summed E-state index contributed by atoms with van der Waals surface area (Å²) in [5, 5.41) is 21.8. The zero-order valence-corrected chi connectivity index (χ0v) is 22.4. The summed E-state index contributed by atoms with van der Waals surface area (Å²) in [5.74, 6) is 1.25. The molecule has 33 heavy (non-hydrogen) atoms. The SMILES string of the molecule is CC(C)=CC[C@@H](O)[C@@H](C)[C@H]1CC[C@@]2(C)C3=C(C(=O)C[C@]12C)[C@@]1(C)CC[C@H](O)C(C)(C)[C@@H]1CC3. The van der Waals surface area contributed by atoms with Crippen LogP contribution in [0, 0.1) is 39.4 Å². The van der Waals surface area contributed by atoms with Crippen LogP contribution in [0.25, 0.3) is 0 Å². The van der Waals surface area contributed by atoms with Crippen molar-refractivity contribution in [3.63, 3.8) is 0 Å². The molecule has 0 aromatic carbocycles. The number of aliphatic hydroxyl groups excluding tert-OH is 2. The van der Waals surface area contributed by atoms with Gasteiger partial charge >= 0.3 is 0 Å². The maximum Gasteiger partial charge on any atom is 0.159 e. The van der Waals surface area contributed by atoms with E-state index < -0.39 is 0 Å². The summed E-state index contributed by atoms with van der Waals surface area (Å²) in [7, 11) is 0. The van der Waals surface area contributed by atoms with Gasteiger partial charge in [-0.25, -0.2) is 0 Å². The van der Waals surface area contributed by atoms with E-state index in [0.717, 1.165) is 44.1 Å². The zero-order valence-electron chi connectivity index (χ0n) is 22.4. The van der Waals surface area contributed by atoms with Crippen molar-refractivity contribution in [1.29, 1.82) is 0 Å². The summed E-state index contributed by atoms with van der Waals surface area (Å²) < 4.78 is 0. The lowest BCUT2D eigenvalue weighted by Gasteiger charge is -2.61. The van der Waals surface area contributed by atoms with Gasteiger partial charge in [0.25, 0.3) is 0 Å². The Morgan fingerprint density at radius 3 is 2.39 bits per heavy atom. The number of carbonyl (C=O) groups is 1. The van der Waals surface area contributed by atoms with Crippen LogP contribution in [-0.2, 0) is 4.79 Å². The second-order valence-electron chi connectivity index (χ2n) is 13.7. The summed E-state index contributed by atoms with van der Waals surface area (Å²) in [6.45, 7) is 17.9. The summed E-state index contributed by atoms with van der Waals surface area (Å²) in [6.07, 6.45) is 8.79. The highest BCUT2D eigenvalue weighted by Crippen LogP contribution is 2.71. The van der Waals surface area contributed by atoms with Crippen molar-refractivity contribution in [3.8, 4) is 0 Å². The number of fused-ring (bicyclic) bond motifs is 4. The zero-order chi connectivity index (χ0) is 24.6. The molecule has 0 aromatic heterocycles. The van der Waals surface area contributed by atoms with Crippen molar-refractivity contribution < 1.29 is 15.0 Å². The third-order valence-corrected chi connectivity index (χ3v) is 11.5. The molecule has 3 heteroatoms. The van der Waals surface area contributed by atoms with Gasteiger partial charge in [-0.05, 0) is 98.2 Å². The van der Waals surface area contributed by atoms with Crippen molar-refractivity contribution in [3.05, 3.63) is 22.8 Å². The Kier molecular flexibility index (Phi) is 6.14. The van der Waals surface area contributed by atoms with Gasteiger partial charge in [0.15, 0.2) is 5.78 Å². The van der Waals surface area contributed by atoms with Crippen LogP contribution in [0.4, 0.5) is 0 Å². The Balaban J connectivity index is 1.73. The Bertz CT molecular complexity index is 877. The molecule has 2 fully saturated rings. The molecule has 3 nitrogen and oxygen atoms in total. The molecule has 0 heterocycles. The van der Waals surface area contributed by atoms with E-state index >= 15 is 0 Å². The highest BCUT2D eigenvalue weighted by atomic mass is 16.3. The third kappa shape index (κ3) is 3.46. The topological polar surface area (TPSA) is 57.5 Å². The van der Waals surface area contributed by atoms with E-state index in [1.54, 1.807) is 0 Å². The van der Waals surface area contributed by atoms with Crippen LogP contribution >= 0.6 is 0 Å². The molecule has 2 N–H and O–H groups in total. The largest absolute Gasteiger partial charge is 0.393 e. The molecule has 4 aliphatic carbocycles. The van der Waals surface area contributed by atoms with Crippen molar-refractivity contribution in [2.45, 2.75) is 119 Å². The molecule has 0 aliphatic heterocycles. The molecule has 0 amide bonds. The van der Waals surface area contributed by atoms with E-state index in [2.05, 4.69) is 61.5 Å². The molecule has 0 unspecified atom stereocenters. The Morgan fingerprint density at radius 2 is 1.76 bits per heavy atom. The molecular formula is C30H48O3. The summed E-state index contributed by atoms with van der Waals surface area (Å²) in [4.78, 5) is 14.0. The number of rotatable bonds is 4. The molecular weight excluding hydrogens is 408 g/mol. The molecule has 8 atom stereocenters. The van der Waals surface area contributed by atoms with Gasteiger partial charge < -0.3 is 10.2 Å². The Morgan fingerprint density at radius 1 is 1.09 bits per heavy atom. The van der Waals surface area contributed by atoms with E-state index in [0.29, 0.717) is 30.5 Å². The smallest absolute Gasteiger partial charge is 0.159 e. The maximum absolute atomic E-state index is 14.0. The summed E-state index contributed by atoms with van der Waals surface area (Å²) >= 11 is 0. The average Bonchev–Trinajstić information content (AvgIpc) is 2.99. The number of hydrogen-bond acceptors (Lipinski definition) is 3. The predicted octanol–water partition coefficient (Wildman–Crippen LogP) is 6.63. The minimum Gasteiger partial charge on any atom is -0.393 e. The lowest BCUT2D eigenvalue weighted by molar-refractivity contribution is -0.132. The van der Waals surface area contributed by atoms with Gasteiger partial charge in [-0.15, -0.1) is 0 Å². The molecule has 0 saturated heterocycles. The Hall–Kier alpha value is -0.930. The first-order valence-corrected chi connectivity index (χ1v) is 13.5. The number of ketones is 1. The third-order valence-electron chi connectivity index (χ3n) is 11.5. The normalized spacial score (nSPS) is 43.9. The van der Waals surface area contributed by atoms with Crippen molar-refractivity contribution in [2.24, 2.45) is 39.4 Å². The second kappa shape index (κ2) is 8.05. The quantitative estimate of drug-likeness (QED) is 0.467. The number of hydrogen-bond donors (Lipinski definition) is 2. The first-order valence-electron chi connectivity index (χ1n) is 13.5. The van der Waals surface area contributed by atoms with E-state index in [1.165, 1.54) is 11.1 Å². The highest BCUT2D eigenvalue weighted by molar-refractivity contribution is 5.99. The van der Waals surface area contributed by atoms with E-state index in [9.17, 15) is 15.0 Å². The number of Topliss-reactive ketones (excluding diaryl/α,β-unsaturated/α-hetero) is 1. The van der Waals surface area contributed by atoms with Gasteiger partial charge in [0.1, 0.15) is 0 Å². The van der Waals surface area contributed by atoms with Gasteiger partial charge in [-0.1, -0.05) is 58.8 Å². The lowest BCUT2D eigenvalue weighted by atomic mass is 9.43. The van der Waals surface area contributed by atoms with Crippen LogP contribution in [-0.4, -0.2) is 28.2 Å². The first kappa shape index (κ1) is 25.2. The number of allylic oxidation sites excluding steroid dienone is 3. The van der Waals surface area contributed by atoms with Crippen LogP contribution in [0.5, 0.6) is 0 Å². The minimum absolute atomic E-state index is 0.0274. The fraction of sp³-hybridized carbons (Fsp3) is 0.833. The molecule has 4 rings (SSSR count). The standard InChI is InChI=1S/C30H48O3/c1-18(2)9-11-22(31)19(3)20-13-16-29(7)21-10-12-24-27(4,5)25(33)14-15-28(24,6)26(21)23(32)17-30(20,29)8/h9,19-20,22,24-25,31,33H,10-17H2,1-8H3/t19-,20+,22+,24-,25-,28-,29-,30+/m0/s1. The van der Waals surface area contributed by atoms with Crippen molar-refractivity contribution in [1.82, 2.24) is 0 Å². The first-order chi connectivity index (χ1) is 15.2. The molecule has 186 valence electrons. The van der Waals surface area contributed by atoms with Crippen LogP contribution in [0.15, 0.2) is 22.8 Å². The minimum atomic E-state index is -0.358. The van der Waals surface area contributed by atoms with Gasteiger partial charge in [-0.3, -0.25) is 4.79 Å².